The van der Waals surface area contributed by atoms with Crippen molar-refractivity contribution in [3.05, 3.63) is 35.9 Å². The van der Waals surface area contributed by atoms with E-state index in [0.717, 1.165) is 0 Å². The molecule has 2 N–H and O–H groups in total. The van der Waals surface area contributed by atoms with Crippen LogP contribution in [-0.4, -0.2) is 23.8 Å². The molecular formula is C12H14N2O3. The highest BCUT2D eigenvalue weighted by molar-refractivity contribution is 5.94. The summed E-state index contributed by atoms with van der Waals surface area (Å²) in [7, 11) is 0. The Morgan fingerprint density at radius 2 is 2.00 bits per heavy atom. The van der Waals surface area contributed by atoms with Crippen molar-refractivity contribution in [2.45, 2.75) is 25.6 Å². The molecule has 1 heterocycles. The minimum absolute atomic E-state index is 0.241. The first-order valence-corrected chi connectivity index (χ1v) is 5.34. The molecule has 2 amide bonds. The molecule has 0 aromatic heterocycles. The van der Waals surface area contributed by atoms with E-state index in [2.05, 4.69) is 10.6 Å². The number of carbonyl (C=O) groups is 2. The SMILES string of the molecule is CC1(C)OC(=O)NC1NC(=O)c1ccccc1. The number of carbonyl (C=O) groups excluding carboxylic acids is 2. The molecule has 0 saturated carbocycles. The molecule has 5 heteroatoms. The van der Waals surface area contributed by atoms with Gasteiger partial charge in [-0.1, -0.05) is 18.2 Å². The highest BCUT2D eigenvalue weighted by atomic mass is 16.6. The fourth-order valence-corrected chi connectivity index (χ4v) is 1.63. The van der Waals surface area contributed by atoms with Crippen molar-refractivity contribution in [3.8, 4) is 0 Å². The molecule has 90 valence electrons. The Kier molecular flexibility index (Phi) is 2.75. The third-order valence-corrected chi connectivity index (χ3v) is 2.62. The third-order valence-electron chi connectivity index (χ3n) is 2.62. The van der Waals surface area contributed by atoms with Gasteiger partial charge in [-0.05, 0) is 26.0 Å². The van der Waals surface area contributed by atoms with Gasteiger partial charge in [0.05, 0.1) is 0 Å². The van der Waals surface area contributed by atoms with Crippen LogP contribution in [0.5, 0.6) is 0 Å². The first kappa shape index (κ1) is 11.4. The van der Waals surface area contributed by atoms with Crippen molar-refractivity contribution in [2.24, 2.45) is 0 Å². The number of amides is 2. The molecule has 0 aliphatic carbocycles. The monoisotopic (exact) mass is 234 g/mol. The van der Waals surface area contributed by atoms with Crippen LogP contribution < -0.4 is 10.6 Å². The van der Waals surface area contributed by atoms with Crippen LogP contribution in [0.4, 0.5) is 4.79 Å². The van der Waals surface area contributed by atoms with E-state index in [1.807, 2.05) is 6.07 Å². The minimum atomic E-state index is -0.748. The maximum atomic E-state index is 11.9. The van der Waals surface area contributed by atoms with Crippen LogP contribution in [0.2, 0.25) is 0 Å². The standard InChI is InChI=1S/C12H14N2O3/c1-12(2)10(14-11(16)17-12)13-9(15)8-6-4-3-5-7-8/h3-7,10H,1-2H3,(H,13,15)(H,14,16). The Morgan fingerprint density at radius 1 is 1.35 bits per heavy atom. The minimum Gasteiger partial charge on any atom is -0.439 e. The van der Waals surface area contributed by atoms with Crippen molar-refractivity contribution in [1.29, 1.82) is 0 Å². The summed E-state index contributed by atoms with van der Waals surface area (Å²) in [4.78, 5) is 23.0. The van der Waals surface area contributed by atoms with Crippen LogP contribution >= 0.6 is 0 Å². The lowest BCUT2D eigenvalue weighted by Crippen LogP contribution is -2.52. The molecule has 1 saturated heterocycles. The van der Waals surface area contributed by atoms with E-state index in [1.54, 1.807) is 38.1 Å². The van der Waals surface area contributed by atoms with Crippen molar-refractivity contribution >= 4 is 12.0 Å². The normalized spacial score (nSPS) is 21.5. The van der Waals surface area contributed by atoms with Crippen LogP contribution in [0.1, 0.15) is 24.2 Å². The first-order valence-electron chi connectivity index (χ1n) is 5.34. The topological polar surface area (TPSA) is 67.4 Å². The predicted molar refractivity (Wildman–Crippen MR) is 61.4 cm³/mol. The van der Waals surface area contributed by atoms with Crippen molar-refractivity contribution in [2.75, 3.05) is 0 Å². The maximum absolute atomic E-state index is 11.9. The Hall–Kier alpha value is -2.04. The molecule has 1 aliphatic heterocycles. The molecule has 1 aliphatic rings. The molecule has 1 aromatic carbocycles. The van der Waals surface area contributed by atoms with Crippen LogP contribution in [0.15, 0.2) is 30.3 Å². The van der Waals surface area contributed by atoms with Gasteiger partial charge in [-0.3, -0.25) is 10.1 Å². The van der Waals surface area contributed by atoms with Gasteiger partial charge in [0.15, 0.2) is 0 Å². The second-order valence-electron chi connectivity index (χ2n) is 4.41. The maximum Gasteiger partial charge on any atom is 0.409 e. The molecule has 1 aromatic rings. The Morgan fingerprint density at radius 3 is 2.53 bits per heavy atom. The van der Waals surface area contributed by atoms with Gasteiger partial charge in [0, 0.05) is 5.56 Å². The van der Waals surface area contributed by atoms with Crippen LogP contribution in [-0.2, 0) is 4.74 Å². The largest absolute Gasteiger partial charge is 0.439 e. The van der Waals surface area contributed by atoms with Crippen molar-refractivity contribution in [1.82, 2.24) is 10.6 Å². The van der Waals surface area contributed by atoms with Gasteiger partial charge in [0.25, 0.3) is 5.91 Å². The van der Waals surface area contributed by atoms with E-state index in [9.17, 15) is 9.59 Å². The zero-order chi connectivity index (χ0) is 12.5. The van der Waals surface area contributed by atoms with E-state index in [-0.39, 0.29) is 5.91 Å². The lowest BCUT2D eigenvalue weighted by Gasteiger charge is -2.24. The molecule has 5 nitrogen and oxygen atoms in total. The fraction of sp³-hybridized carbons (Fsp3) is 0.333. The summed E-state index contributed by atoms with van der Waals surface area (Å²) in [5.41, 5.74) is -0.203. The highest BCUT2D eigenvalue weighted by Crippen LogP contribution is 2.19. The summed E-state index contributed by atoms with van der Waals surface area (Å²) in [6.07, 6.45) is -1.05. The second-order valence-corrected chi connectivity index (χ2v) is 4.41. The van der Waals surface area contributed by atoms with Gasteiger partial charge in [-0.2, -0.15) is 0 Å². The van der Waals surface area contributed by atoms with E-state index >= 15 is 0 Å². The molecular weight excluding hydrogens is 220 g/mol. The quantitative estimate of drug-likeness (QED) is 0.809. The number of ether oxygens (including phenoxy) is 1. The van der Waals surface area contributed by atoms with Gasteiger partial charge >= 0.3 is 6.09 Å². The highest BCUT2D eigenvalue weighted by Gasteiger charge is 2.42. The molecule has 1 atom stereocenters. The molecule has 0 spiro atoms. The number of cyclic esters (lactones) is 1. The second kappa shape index (κ2) is 4.08. The number of alkyl carbamates (subject to hydrolysis) is 1. The number of nitrogens with one attached hydrogen (secondary N) is 2. The lowest BCUT2D eigenvalue weighted by atomic mass is 10.1. The van der Waals surface area contributed by atoms with Crippen molar-refractivity contribution in [3.63, 3.8) is 0 Å². The zero-order valence-corrected chi connectivity index (χ0v) is 9.69. The van der Waals surface area contributed by atoms with E-state index in [0.29, 0.717) is 5.56 Å². The van der Waals surface area contributed by atoms with Crippen molar-refractivity contribution < 1.29 is 14.3 Å². The molecule has 2 rings (SSSR count). The summed E-state index contributed by atoms with van der Waals surface area (Å²) in [6, 6.07) is 8.81. The van der Waals surface area contributed by atoms with Crippen LogP contribution in [0.25, 0.3) is 0 Å². The smallest absolute Gasteiger partial charge is 0.409 e. The third kappa shape index (κ3) is 2.38. The fourth-order valence-electron chi connectivity index (χ4n) is 1.63. The number of benzene rings is 1. The lowest BCUT2D eigenvalue weighted by molar-refractivity contribution is 0.0560. The molecule has 17 heavy (non-hydrogen) atoms. The molecule has 1 unspecified atom stereocenters. The molecule has 0 radical (unpaired) electrons. The summed E-state index contributed by atoms with van der Waals surface area (Å²) in [5, 5.41) is 5.27. The molecule has 0 bridgehead atoms. The molecule has 1 fully saturated rings. The average molecular weight is 234 g/mol. The van der Waals surface area contributed by atoms with E-state index in [1.165, 1.54) is 0 Å². The van der Waals surface area contributed by atoms with Crippen LogP contribution in [0, 0.1) is 0 Å². The van der Waals surface area contributed by atoms with E-state index < -0.39 is 17.9 Å². The van der Waals surface area contributed by atoms with Gasteiger partial charge in [0.2, 0.25) is 0 Å². The number of hydrogen-bond donors (Lipinski definition) is 2. The summed E-state index contributed by atoms with van der Waals surface area (Å²) >= 11 is 0. The average Bonchev–Trinajstić information content (AvgIpc) is 2.53. The van der Waals surface area contributed by atoms with Crippen LogP contribution in [0.3, 0.4) is 0 Å². The zero-order valence-electron chi connectivity index (χ0n) is 9.69. The van der Waals surface area contributed by atoms with Gasteiger partial charge in [0.1, 0.15) is 11.8 Å². The first-order chi connectivity index (χ1) is 7.99. The van der Waals surface area contributed by atoms with E-state index in [4.69, 9.17) is 4.74 Å². The van der Waals surface area contributed by atoms with Gasteiger partial charge < -0.3 is 10.1 Å². The summed E-state index contributed by atoms with van der Waals surface area (Å²) in [5.74, 6) is -0.241. The summed E-state index contributed by atoms with van der Waals surface area (Å²) < 4.78 is 5.03. The van der Waals surface area contributed by atoms with Gasteiger partial charge in [-0.25, -0.2) is 4.79 Å². The summed E-state index contributed by atoms with van der Waals surface area (Å²) in [6.45, 7) is 3.47. The number of hydrogen-bond acceptors (Lipinski definition) is 3. The Balaban J connectivity index is 2.07. The predicted octanol–water partition coefficient (Wildman–Crippen LogP) is 1.26. The Bertz CT molecular complexity index is 442. The van der Waals surface area contributed by atoms with Gasteiger partial charge in [-0.15, -0.1) is 0 Å². The number of rotatable bonds is 2. The Labute approximate surface area is 99.2 Å².